The lowest BCUT2D eigenvalue weighted by Gasteiger charge is -2.25. The van der Waals surface area contributed by atoms with E-state index < -0.39 is 79.4 Å². The summed E-state index contributed by atoms with van der Waals surface area (Å²) < 4.78 is 70.3. The van der Waals surface area contributed by atoms with Gasteiger partial charge in [0.2, 0.25) is 0 Å². The first-order chi connectivity index (χ1) is 20.0. The summed E-state index contributed by atoms with van der Waals surface area (Å²) in [4.78, 5) is 36.9. The molecule has 1 fully saturated rings. The Morgan fingerprint density at radius 2 is 1.88 bits per heavy atom. The van der Waals surface area contributed by atoms with Gasteiger partial charge in [0.1, 0.15) is 18.2 Å². The van der Waals surface area contributed by atoms with Crippen molar-refractivity contribution in [2.45, 2.75) is 70.9 Å². The van der Waals surface area contributed by atoms with E-state index in [1.807, 2.05) is 0 Å². The third-order valence-corrected chi connectivity index (χ3v) is 8.86. The Hall–Kier alpha value is -3.36. The molecule has 1 aliphatic rings. The normalized spacial score (nSPS) is 24.3. The quantitative estimate of drug-likeness (QED) is 0.253. The summed E-state index contributed by atoms with van der Waals surface area (Å²) >= 11 is 0. The standard InChI is InChI=1S/C27H35F2N4O9P/c1-14(2)40-24(36)16(4)30-43(38,42-19-9-8-18-17(22(19)28)12-15(3)31(18)6)39-13-20-23(35)27(5,29)25(41-20)33-11-10-21(34)32(7)26(33)37/h8-12,14,16,20,23,25,35H,13H2,1-7H3,(H,30,38)/t16-,20+,23+,25+,27+,43+/m0/s1. The van der Waals surface area contributed by atoms with E-state index in [1.165, 1.54) is 20.0 Å². The molecule has 3 heterocycles. The molecule has 6 atom stereocenters. The molecule has 0 unspecified atom stereocenters. The number of carbonyl (C=O) groups excluding carboxylic acids is 1. The zero-order chi connectivity index (χ0) is 32.0. The van der Waals surface area contributed by atoms with E-state index in [9.17, 15) is 24.1 Å². The molecule has 13 nitrogen and oxygen atoms in total. The Balaban J connectivity index is 1.63. The van der Waals surface area contributed by atoms with Gasteiger partial charge in [-0.25, -0.2) is 18.1 Å². The van der Waals surface area contributed by atoms with Gasteiger partial charge in [-0.15, -0.1) is 0 Å². The maximum Gasteiger partial charge on any atom is 0.459 e. The van der Waals surface area contributed by atoms with Crippen LogP contribution in [-0.4, -0.2) is 61.4 Å². The van der Waals surface area contributed by atoms with E-state index in [2.05, 4.69) is 5.09 Å². The molecule has 236 valence electrons. The number of aliphatic hydroxyl groups is 1. The number of benzene rings is 1. The molecular weight excluding hydrogens is 593 g/mol. The number of aryl methyl sites for hydroxylation is 2. The number of carbonyl (C=O) groups is 1. The van der Waals surface area contributed by atoms with E-state index in [-0.39, 0.29) is 5.39 Å². The van der Waals surface area contributed by atoms with Gasteiger partial charge in [0.05, 0.1) is 18.2 Å². The van der Waals surface area contributed by atoms with Crippen LogP contribution in [0.25, 0.3) is 10.9 Å². The van der Waals surface area contributed by atoms with Gasteiger partial charge in [-0.2, -0.15) is 5.09 Å². The first-order valence-corrected chi connectivity index (χ1v) is 15.0. The van der Waals surface area contributed by atoms with Crippen LogP contribution in [0, 0.1) is 12.7 Å². The van der Waals surface area contributed by atoms with Crippen molar-refractivity contribution in [3.05, 3.63) is 62.8 Å². The van der Waals surface area contributed by atoms with Crippen LogP contribution in [0.2, 0.25) is 0 Å². The number of nitrogens with zero attached hydrogens (tertiary/aromatic N) is 3. The molecule has 0 bridgehead atoms. The molecule has 0 amide bonds. The number of fused-ring (bicyclic) bond motifs is 1. The minimum atomic E-state index is -4.67. The van der Waals surface area contributed by atoms with Crippen molar-refractivity contribution in [2.75, 3.05) is 6.61 Å². The van der Waals surface area contributed by atoms with Crippen molar-refractivity contribution in [2.24, 2.45) is 14.1 Å². The Bertz CT molecular complexity index is 1700. The highest BCUT2D eigenvalue weighted by Gasteiger charge is 2.56. The average Bonchev–Trinajstić information content (AvgIpc) is 3.34. The van der Waals surface area contributed by atoms with Crippen molar-refractivity contribution in [1.29, 1.82) is 0 Å². The largest absolute Gasteiger partial charge is 0.462 e. The fourth-order valence-corrected chi connectivity index (χ4v) is 6.19. The van der Waals surface area contributed by atoms with Crippen LogP contribution < -0.4 is 20.9 Å². The first-order valence-electron chi connectivity index (χ1n) is 13.4. The summed E-state index contributed by atoms with van der Waals surface area (Å²) in [7, 11) is -1.72. The molecule has 1 saturated heterocycles. The molecule has 2 N–H and O–H groups in total. The van der Waals surface area contributed by atoms with Crippen LogP contribution in [0.5, 0.6) is 5.75 Å². The van der Waals surface area contributed by atoms with E-state index in [4.69, 9.17) is 18.5 Å². The SMILES string of the molecule is Cc1cc2c(F)c(O[P@@](=O)(N[C@@H](C)C(=O)OC(C)C)OC[C@H]3O[C@@H](n4ccc(=O)n(C)c4=O)[C@](C)(F)[C@@H]3O)ccc2n1C. The molecule has 0 saturated carbocycles. The highest BCUT2D eigenvalue weighted by molar-refractivity contribution is 7.52. The topological polar surface area (TPSA) is 152 Å². The molecule has 0 radical (unpaired) electrons. The zero-order valence-corrected chi connectivity index (χ0v) is 25.6. The Morgan fingerprint density at radius 1 is 1.21 bits per heavy atom. The minimum Gasteiger partial charge on any atom is -0.462 e. The fourth-order valence-electron chi connectivity index (χ4n) is 4.69. The van der Waals surface area contributed by atoms with Gasteiger partial charge >= 0.3 is 19.4 Å². The van der Waals surface area contributed by atoms with Crippen molar-refractivity contribution < 1.29 is 41.8 Å². The van der Waals surface area contributed by atoms with E-state index >= 15 is 8.78 Å². The number of hydrogen-bond donors (Lipinski definition) is 2. The Labute approximate surface area is 245 Å². The van der Waals surface area contributed by atoms with E-state index in [0.29, 0.717) is 5.52 Å². The third-order valence-electron chi connectivity index (χ3n) is 7.24. The van der Waals surface area contributed by atoms with E-state index in [1.54, 1.807) is 44.5 Å². The van der Waals surface area contributed by atoms with Crippen LogP contribution in [0.3, 0.4) is 0 Å². The summed E-state index contributed by atoms with van der Waals surface area (Å²) in [6, 6.07) is 4.13. The van der Waals surface area contributed by atoms with Gasteiger partial charge in [-0.1, -0.05) is 0 Å². The number of esters is 1. The Morgan fingerprint density at radius 3 is 2.53 bits per heavy atom. The number of halogens is 2. The molecule has 2 aromatic heterocycles. The molecule has 43 heavy (non-hydrogen) atoms. The van der Waals surface area contributed by atoms with Gasteiger partial charge in [0.25, 0.3) is 5.56 Å². The number of rotatable bonds is 10. The van der Waals surface area contributed by atoms with Crippen LogP contribution in [0.4, 0.5) is 8.78 Å². The number of ether oxygens (including phenoxy) is 2. The summed E-state index contributed by atoms with van der Waals surface area (Å²) in [5.74, 6) is -2.11. The molecule has 3 aromatic rings. The van der Waals surface area contributed by atoms with Crippen LogP contribution in [0.1, 0.15) is 39.6 Å². The molecule has 16 heteroatoms. The first kappa shape index (κ1) is 32.6. The summed E-state index contributed by atoms with van der Waals surface area (Å²) in [5.41, 5.74) is -2.80. The number of aliphatic hydroxyl groups excluding tert-OH is 1. The predicted octanol–water partition coefficient (Wildman–Crippen LogP) is 2.61. The summed E-state index contributed by atoms with van der Waals surface area (Å²) in [6.07, 6.45) is -4.57. The highest BCUT2D eigenvalue weighted by Crippen LogP contribution is 2.48. The lowest BCUT2D eigenvalue weighted by atomic mass is 9.98. The van der Waals surface area contributed by atoms with Gasteiger partial charge in [-0.05, 0) is 52.8 Å². The van der Waals surface area contributed by atoms with Crippen molar-refractivity contribution in [1.82, 2.24) is 18.8 Å². The number of aromatic nitrogens is 3. The third kappa shape index (κ3) is 6.31. The molecule has 4 rings (SSSR count). The van der Waals surface area contributed by atoms with Crippen LogP contribution >= 0.6 is 7.75 Å². The fraction of sp³-hybridized carbons (Fsp3) is 0.519. The van der Waals surface area contributed by atoms with Crippen LogP contribution in [-0.2, 0) is 37.5 Å². The smallest absolute Gasteiger partial charge is 0.459 e. The van der Waals surface area contributed by atoms with Gasteiger partial charge < -0.3 is 23.7 Å². The maximum absolute atomic E-state index is 15.8. The van der Waals surface area contributed by atoms with Crippen molar-refractivity contribution in [3.8, 4) is 5.75 Å². The lowest BCUT2D eigenvalue weighted by Crippen LogP contribution is -2.45. The minimum absolute atomic E-state index is 0.185. The monoisotopic (exact) mass is 628 g/mol. The van der Waals surface area contributed by atoms with Gasteiger partial charge in [-0.3, -0.25) is 23.2 Å². The molecular formula is C27H35F2N4O9P. The van der Waals surface area contributed by atoms with Gasteiger partial charge in [0, 0.05) is 37.4 Å². The zero-order valence-electron chi connectivity index (χ0n) is 24.7. The second-order valence-corrected chi connectivity index (χ2v) is 12.6. The summed E-state index contributed by atoms with van der Waals surface area (Å²) in [6.45, 7) is 6.55. The number of nitrogens with one attached hydrogen (secondary N) is 1. The van der Waals surface area contributed by atoms with Gasteiger partial charge in [0.15, 0.2) is 23.5 Å². The number of alkyl halides is 1. The highest BCUT2D eigenvalue weighted by atomic mass is 31.2. The molecule has 0 aliphatic carbocycles. The lowest BCUT2D eigenvalue weighted by molar-refractivity contribution is -0.149. The average molecular weight is 629 g/mol. The second kappa shape index (κ2) is 12.0. The number of hydrogen-bond acceptors (Lipinski definition) is 9. The molecule has 0 spiro atoms. The molecule has 1 aromatic carbocycles. The second-order valence-electron chi connectivity index (χ2n) is 10.9. The van der Waals surface area contributed by atoms with Crippen molar-refractivity contribution >= 4 is 24.6 Å². The predicted molar refractivity (Wildman–Crippen MR) is 151 cm³/mol. The van der Waals surface area contributed by atoms with Crippen LogP contribution in [0.15, 0.2) is 40.1 Å². The summed E-state index contributed by atoms with van der Waals surface area (Å²) in [5, 5.41) is 13.3. The Kier molecular flexibility index (Phi) is 9.06. The van der Waals surface area contributed by atoms with Crippen molar-refractivity contribution in [3.63, 3.8) is 0 Å². The molecule has 1 aliphatic heterocycles. The van der Waals surface area contributed by atoms with E-state index in [0.717, 1.165) is 34.0 Å². The maximum atomic E-state index is 15.8.